The Balaban J connectivity index is 1.48. The van der Waals surface area contributed by atoms with Crippen molar-refractivity contribution >= 4 is 22.3 Å². The van der Waals surface area contributed by atoms with Gasteiger partial charge in [0.25, 0.3) is 0 Å². The highest BCUT2D eigenvalue weighted by molar-refractivity contribution is 5.95. The fourth-order valence-electron chi connectivity index (χ4n) is 5.14. The second kappa shape index (κ2) is 11.1. The number of aromatic nitrogens is 2. The zero-order valence-corrected chi connectivity index (χ0v) is 21.9. The summed E-state index contributed by atoms with van der Waals surface area (Å²) in [7, 11) is 3.93. The number of phenols is 1. The van der Waals surface area contributed by atoms with Crippen molar-refractivity contribution in [3.63, 3.8) is 0 Å². The van der Waals surface area contributed by atoms with E-state index in [4.69, 9.17) is 9.72 Å². The molecule has 2 aliphatic rings. The van der Waals surface area contributed by atoms with E-state index in [0.29, 0.717) is 51.6 Å². The Morgan fingerprint density at radius 3 is 2.79 bits per heavy atom. The summed E-state index contributed by atoms with van der Waals surface area (Å²) in [5, 5.41) is 22.5. The number of hydrogen-bond acceptors (Lipinski definition) is 9. The van der Waals surface area contributed by atoms with Crippen LogP contribution < -0.4 is 14.5 Å². The number of aliphatic hydroxyl groups is 1. The number of nitrogens with zero attached hydrogens (tertiary/aromatic N) is 6. The first-order chi connectivity index (χ1) is 18.3. The quantitative estimate of drug-likeness (QED) is 0.343. The Kier molecular flexibility index (Phi) is 7.64. The lowest BCUT2D eigenvalue weighted by Gasteiger charge is -2.41. The van der Waals surface area contributed by atoms with Gasteiger partial charge in [0.1, 0.15) is 24.4 Å². The molecule has 0 amide bonds. The van der Waals surface area contributed by atoms with Gasteiger partial charge in [-0.25, -0.2) is 4.39 Å². The van der Waals surface area contributed by atoms with Gasteiger partial charge in [0, 0.05) is 48.9 Å². The summed E-state index contributed by atoms with van der Waals surface area (Å²) in [4.78, 5) is 17.0. The molecule has 1 fully saturated rings. The van der Waals surface area contributed by atoms with E-state index in [9.17, 15) is 10.2 Å². The number of aromatic hydroxyl groups is 1. The van der Waals surface area contributed by atoms with Gasteiger partial charge in [0.2, 0.25) is 0 Å². The summed E-state index contributed by atoms with van der Waals surface area (Å²) in [5.74, 6) is 0.760. The lowest BCUT2D eigenvalue weighted by molar-refractivity contribution is 0.0105. The van der Waals surface area contributed by atoms with Crippen LogP contribution in [0.3, 0.4) is 0 Å². The maximum atomic E-state index is 15.5. The summed E-state index contributed by atoms with van der Waals surface area (Å²) in [6.45, 7) is 6.76. The highest BCUT2D eigenvalue weighted by Gasteiger charge is 2.34. The van der Waals surface area contributed by atoms with Crippen molar-refractivity contribution in [2.45, 2.75) is 25.5 Å². The molecule has 5 rings (SSSR count). The number of likely N-dealkylation sites (N-methyl/N-ethyl adjacent to an activating group) is 1. The molecule has 0 bridgehead atoms. The number of hydrogen-bond donors (Lipinski definition) is 2. The average Bonchev–Trinajstić information content (AvgIpc) is 2.91. The molecule has 0 aliphatic carbocycles. The van der Waals surface area contributed by atoms with E-state index in [1.54, 1.807) is 21.9 Å². The lowest BCUT2D eigenvalue weighted by Crippen LogP contribution is -2.54. The second-order valence-electron chi connectivity index (χ2n) is 10.0. The third-order valence-corrected chi connectivity index (χ3v) is 7.17. The molecule has 1 aromatic heterocycles. The molecule has 38 heavy (non-hydrogen) atoms. The van der Waals surface area contributed by atoms with E-state index in [0.717, 1.165) is 27.7 Å². The molecule has 1 unspecified atom stereocenters. The van der Waals surface area contributed by atoms with Crippen LogP contribution in [-0.4, -0.2) is 95.9 Å². The highest BCUT2D eigenvalue weighted by atomic mass is 19.1. The molecule has 1 saturated heterocycles. The standard InChI is InChI=1S/C28H35FN6O3/c1-4-26(37)34-11-12-35(25(29)18-34)27-22-9-10-33(17-23(22)30-28(31-27)38-14-13-32(2)3)24-16-20(36)15-19-7-5-6-8-21(19)24/h4-8,15-16,25-26,36-37H,1,9-14,17-18H2,2-3H3/t25-,26?/m1/s1. The number of anilines is 2. The zero-order chi connectivity index (χ0) is 26.8. The van der Waals surface area contributed by atoms with Gasteiger partial charge in [-0.1, -0.05) is 30.8 Å². The largest absolute Gasteiger partial charge is 0.508 e. The van der Waals surface area contributed by atoms with E-state index in [1.807, 2.05) is 43.3 Å². The summed E-state index contributed by atoms with van der Waals surface area (Å²) < 4.78 is 21.4. The topological polar surface area (TPSA) is 88.4 Å². The van der Waals surface area contributed by atoms with Gasteiger partial charge >= 0.3 is 6.01 Å². The van der Waals surface area contributed by atoms with E-state index in [2.05, 4.69) is 16.5 Å². The highest BCUT2D eigenvalue weighted by Crippen LogP contribution is 2.37. The zero-order valence-electron chi connectivity index (χ0n) is 21.9. The molecular formula is C28H35FN6O3. The van der Waals surface area contributed by atoms with Gasteiger partial charge < -0.3 is 29.6 Å². The summed E-state index contributed by atoms with van der Waals surface area (Å²) >= 11 is 0. The van der Waals surface area contributed by atoms with E-state index in [-0.39, 0.29) is 18.3 Å². The molecule has 202 valence electrons. The predicted molar refractivity (Wildman–Crippen MR) is 146 cm³/mol. The minimum atomic E-state index is -1.35. The van der Waals surface area contributed by atoms with Crippen LogP contribution in [0.15, 0.2) is 49.1 Å². The van der Waals surface area contributed by atoms with Gasteiger partial charge in [-0.3, -0.25) is 4.90 Å². The number of halogens is 1. The number of alkyl halides is 1. The van der Waals surface area contributed by atoms with Crippen molar-refractivity contribution in [1.29, 1.82) is 0 Å². The number of rotatable bonds is 8. The summed E-state index contributed by atoms with van der Waals surface area (Å²) in [6, 6.07) is 11.7. The van der Waals surface area contributed by atoms with Crippen molar-refractivity contribution in [3.05, 3.63) is 60.3 Å². The van der Waals surface area contributed by atoms with Crippen LogP contribution in [0.1, 0.15) is 11.3 Å². The van der Waals surface area contributed by atoms with Crippen LogP contribution >= 0.6 is 0 Å². The molecule has 10 heteroatoms. The number of fused-ring (bicyclic) bond motifs is 2. The van der Waals surface area contributed by atoms with Gasteiger partial charge in [0.15, 0.2) is 6.30 Å². The molecule has 2 aromatic carbocycles. The first-order valence-electron chi connectivity index (χ1n) is 12.9. The van der Waals surface area contributed by atoms with Gasteiger partial charge in [-0.05, 0) is 38.0 Å². The number of ether oxygens (including phenoxy) is 1. The molecule has 0 saturated carbocycles. The molecule has 0 radical (unpaired) electrons. The fraction of sp³-hybridized carbons (Fsp3) is 0.429. The SMILES string of the molecule is C=CC(O)N1CCN(c2nc(OCCN(C)C)nc3c2CCN(c2cc(O)cc4ccccc24)C3)[C@@H](F)C1. The van der Waals surface area contributed by atoms with Crippen LogP contribution in [0.4, 0.5) is 15.9 Å². The maximum Gasteiger partial charge on any atom is 0.318 e. The Hall–Kier alpha value is -3.47. The lowest BCUT2D eigenvalue weighted by atomic mass is 10.0. The van der Waals surface area contributed by atoms with E-state index in [1.165, 1.54) is 6.08 Å². The van der Waals surface area contributed by atoms with E-state index < -0.39 is 12.5 Å². The number of phenolic OH excluding ortho intramolecular Hbond substituents is 1. The maximum absolute atomic E-state index is 15.5. The van der Waals surface area contributed by atoms with Crippen LogP contribution in [0.2, 0.25) is 0 Å². The first kappa shape index (κ1) is 26.1. The minimum Gasteiger partial charge on any atom is -0.508 e. The molecule has 3 aromatic rings. The Bertz CT molecular complexity index is 1310. The second-order valence-corrected chi connectivity index (χ2v) is 10.0. The Morgan fingerprint density at radius 2 is 2.03 bits per heavy atom. The fourth-order valence-corrected chi connectivity index (χ4v) is 5.14. The Morgan fingerprint density at radius 1 is 1.21 bits per heavy atom. The predicted octanol–water partition coefficient (Wildman–Crippen LogP) is 2.76. The average molecular weight is 523 g/mol. The normalized spacial score (nSPS) is 19.0. The number of piperazine rings is 1. The Labute approximate surface area is 222 Å². The number of benzene rings is 2. The van der Waals surface area contributed by atoms with Crippen LogP contribution in [0.5, 0.6) is 11.8 Å². The smallest absolute Gasteiger partial charge is 0.318 e. The van der Waals surface area contributed by atoms with Gasteiger partial charge in [-0.15, -0.1) is 0 Å². The van der Waals surface area contributed by atoms with E-state index >= 15 is 4.39 Å². The van der Waals surface area contributed by atoms with Crippen LogP contribution in [0, 0.1) is 0 Å². The molecule has 2 N–H and O–H groups in total. The third kappa shape index (κ3) is 5.38. The molecule has 9 nitrogen and oxygen atoms in total. The molecule has 2 aliphatic heterocycles. The third-order valence-electron chi connectivity index (χ3n) is 7.17. The van der Waals surface area contributed by atoms with Crippen LogP contribution in [0.25, 0.3) is 10.8 Å². The van der Waals surface area contributed by atoms with Crippen molar-refractivity contribution in [2.24, 2.45) is 0 Å². The summed E-state index contributed by atoms with van der Waals surface area (Å²) in [5.41, 5.74) is 2.62. The van der Waals surface area contributed by atoms with Crippen molar-refractivity contribution in [3.8, 4) is 11.8 Å². The van der Waals surface area contributed by atoms with Crippen molar-refractivity contribution < 1.29 is 19.3 Å². The van der Waals surface area contributed by atoms with Gasteiger partial charge in [-0.2, -0.15) is 9.97 Å². The van der Waals surface area contributed by atoms with Crippen molar-refractivity contribution in [2.75, 3.05) is 63.2 Å². The van der Waals surface area contributed by atoms with Gasteiger partial charge in [0.05, 0.1) is 18.8 Å². The van der Waals surface area contributed by atoms with Crippen molar-refractivity contribution in [1.82, 2.24) is 19.8 Å². The monoisotopic (exact) mass is 522 g/mol. The summed E-state index contributed by atoms with van der Waals surface area (Å²) in [6.07, 6.45) is -0.203. The molecule has 2 atom stereocenters. The molecule has 3 heterocycles. The first-order valence-corrected chi connectivity index (χ1v) is 12.9. The molecular weight excluding hydrogens is 487 g/mol. The molecule has 0 spiro atoms. The van der Waals surface area contributed by atoms with Crippen LogP contribution in [-0.2, 0) is 13.0 Å². The number of aliphatic hydroxyl groups excluding tert-OH is 1. The minimum absolute atomic E-state index is 0.0458.